The Morgan fingerprint density at radius 3 is 2.30 bits per heavy atom. The molecule has 4 atom stereocenters. The minimum atomic E-state index is -1.03. The third-order valence-corrected chi connectivity index (χ3v) is 5.25. The topological polar surface area (TPSA) is 101 Å². The van der Waals surface area contributed by atoms with Crippen LogP contribution in [0.3, 0.4) is 0 Å². The first-order valence-electron chi connectivity index (χ1n) is 7.78. The van der Waals surface area contributed by atoms with Gasteiger partial charge in [0.2, 0.25) is 0 Å². The smallest absolute Gasteiger partial charge is 0.303 e. The van der Waals surface area contributed by atoms with Crippen LogP contribution >= 0.6 is 39.3 Å². The van der Waals surface area contributed by atoms with E-state index in [4.69, 9.17) is 30.5 Å². The second-order valence-electron chi connectivity index (χ2n) is 5.56. The summed E-state index contributed by atoms with van der Waals surface area (Å²) in [5, 5.41) is 0.117. The van der Waals surface area contributed by atoms with Crippen LogP contribution in [0.25, 0.3) is 0 Å². The van der Waals surface area contributed by atoms with E-state index in [0.717, 1.165) is 0 Å². The van der Waals surface area contributed by atoms with Crippen LogP contribution in [0.1, 0.15) is 20.8 Å². The average Bonchev–Trinajstić information content (AvgIpc) is 2.55. The first-order valence-corrected chi connectivity index (χ1v) is 10.00. The summed E-state index contributed by atoms with van der Waals surface area (Å²) in [6.45, 7) is 3.67. The molecule has 0 N–H and O–H groups in total. The van der Waals surface area contributed by atoms with Gasteiger partial charge in [-0.1, -0.05) is 11.6 Å². The lowest BCUT2D eigenvalue weighted by molar-refractivity contribution is -0.186. The van der Waals surface area contributed by atoms with Gasteiger partial charge in [0.1, 0.15) is 0 Å². The van der Waals surface area contributed by atoms with E-state index >= 15 is 0 Å². The minimum absolute atomic E-state index is 0.117. The SMILES string of the molecule is CC(=O)O[C@@H]1[C@@H](OC(C)=O)[C@H](OC(C)=O)CS[C@H]1Oc1cc(Br)cnc1Cl. The summed E-state index contributed by atoms with van der Waals surface area (Å²) in [5.74, 6) is -1.24. The number of carbonyl (C=O) groups is 3. The molecule has 1 aliphatic heterocycles. The van der Waals surface area contributed by atoms with E-state index < -0.39 is 41.7 Å². The zero-order valence-electron chi connectivity index (χ0n) is 14.6. The molecule has 0 saturated carbocycles. The van der Waals surface area contributed by atoms with Crippen LogP contribution in [-0.4, -0.2) is 52.4 Å². The number of halogens is 2. The lowest BCUT2D eigenvalue weighted by Crippen LogP contribution is -2.55. The standard InChI is InChI=1S/C16H17BrClNO7S/c1-7(20)23-12-6-27-16(26-11-4-10(17)5-19-15(11)18)14(25-9(3)22)13(12)24-8(2)21/h4-5,12-14,16H,6H2,1-3H3/t12-,13+,14-,16-/m1/s1. The van der Waals surface area contributed by atoms with Gasteiger partial charge in [-0.3, -0.25) is 14.4 Å². The summed E-state index contributed by atoms with van der Waals surface area (Å²) in [4.78, 5) is 38.5. The van der Waals surface area contributed by atoms with E-state index in [9.17, 15) is 14.4 Å². The Hall–Kier alpha value is -1.52. The predicted octanol–water partition coefficient (Wildman–Crippen LogP) is 2.74. The summed E-state index contributed by atoms with van der Waals surface area (Å²) in [7, 11) is 0. The van der Waals surface area contributed by atoms with Gasteiger partial charge in [-0.15, -0.1) is 11.8 Å². The third-order valence-electron chi connectivity index (χ3n) is 3.32. The van der Waals surface area contributed by atoms with Gasteiger partial charge in [-0.05, 0) is 22.0 Å². The minimum Gasteiger partial charge on any atom is -0.472 e. The van der Waals surface area contributed by atoms with Crippen LogP contribution in [0.15, 0.2) is 16.7 Å². The summed E-state index contributed by atoms with van der Waals surface area (Å²) in [5.41, 5.74) is -0.765. The molecule has 1 fully saturated rings. The molecule has 1 saturated heterocycles. The van der Waals surface area contributed by atoms with Crippen molar-refractivity contribution in [2.75, 3.05) is 5.75 Å². The van der Waals surface area contributed by atoms with Crippen LogP contribution in [0.4, 0.5) is 0 Å². The Balaban J connectivity index is 2.32. The lowest BCUT2D eigenvalue weighted by Gasteiger charge is -2.39. The zero-order chi connectivity index (χ0) is 20.1. The number of ether oxygens (including phenoxy) is 4. The van der Waals surface area contributed by atoms with Gasteiger partial charge in [-0.25, -0.2) is 4.98 Å². The predicted molar refractivity (Wildman–Crippen MR) is 100 cm³/mol. The second kappa shape index (κ2) is 9.61. The van der Waals surface area contributed by atoms with Gasteiger partial charge in [0.15, 0.2) is 34.7 Å². The molecular weight excluding hydrogens is 466 g/mol. The Bertz CT molecular complexity index is 735. The van der Waals surface area contributed by atoms with Crippen molar-refractivity contribution in [1.82, 2.24) is 4.98 Å². The molecule has 0 radical (unpaired) electrons. The maximum absolute atomic E-state index is 11.6. The molecular formula is C16H17BrClNO7S. The van der Waals surface area contributed by atoms with Crippen molar-refractivity contribution in [3.63, 3.8) is 0 Å². The lowest BCUT2D eigenvalue weighted by atomic mass is 10.1. The highest BCUT2D eigenvalue weighted by Crippen LogP contribution is 2.36. The highest BCUT2D eigenvalue weighted by Gasteiger charge is 2.47. The van der Waals surface area contributed by atoms with Crippen molar-refractivity contribution >= 4 is 57.2 Å². The van der Waals surface area contributed by atoms with Crippen molar-refractivity contribution in [3.8, 4) is 5.75 Å². The van der Waals surface area contributed by atoms with Crippen molar-refractivity contribution in [2.45, 2.75) is 44.5 Å². The summed E-state index contributed by atoms with van der Waals surface area (Å²) < 4.78 is 22.4. The summed E-state index contributed by atoms with van der Waals surface area (Å²) in [6, 6.07) is 1.61. The monoisotopic (exact) mass is 481 g/mol. The Kier molecular flexibility index (Phi) is 7.75. The van der Waals surface area contributed by atoms with Crippen LogP contribution in [0.5, 0.6) is 5.75 Å². The van der Waals surface area contributed by atoms with Crippen molar-refractivity contribution < 1.29 is 33.3 Å². The number of rotatable bonds is 5. The van der Waals surface area contributed by atoms with Crippen molar-refractivity contribution in [1.29, 1.82) is 0 Å². The van der Waals surface area contributed by atoms with Gasteiger partial charge >= 0.3 is 17.9 Å². The van der Waals surface area contributed by atoms with E-state index in [1.165, 1.54) is 38.7 Å². The summed E-state index contributed by atoms with van der Waals surface area (Å²) in [6.07, 6.45) is -1.34. The van der Waals surface area contributed by atoms with Crippen LogP contribution in [-0.2, 0) is 28.6 Å². The van der Waals surface area contributed by atoms with Crippen LogP contribution in [0.2, 0.25) is 5.15 Å². The number of aromatic nitrogens is 1. The summed E-state index contributed by atoms with van der Waals surface area (Å²) >= 11 is 10.6. The molecule has 1 aromatic heterocycles. The van der Waals surface area contributed by atoms with Gasteiger partial charge in [-0.2, -0.15) is 0 Å². The quantitative estimate of drug-likeness (QED) is 0.356. The molecule has 148 valence electrons. The third kappa shape index (κ3) is 6.25. The molecule has 11 heteroatoms. The van der Waals surface area contributed by atoms with Gasteiger partial charge in [0, 0.05) is 37.2 Å². The van der Waals surface area contributed by atoms with E-state index in [0.29, 0.717) is 4.47 Å². The zero-order valence-corrected chi connectivity index (χ0v) is 17.8. The average molecular weight is 483 g/mol. The fraction of sp³-hybridized carbons (Fsp3) is 0.500. The Morgan fingerprint density at radius 2 is 1.70 bits per heavy atom. The molecule has 0 bridgehead atoms. The number of nitrogens with zero attached hydrogens (tertiary/aromatic N) is 1. The molecule has 27 heavy (non-hydrogen) atoms. The highest BCUT2D eigenvalue weighted by molar-refractivity contribution is 9.10. The molecule has 0 amide bonds. The molecule has 0 aliphatic carbocycles. The molecule has 0 spiro atoms. The molecule has 0 aromatic carbocycles. The van der Waals surface area contributed by atoms with E-state index in [-0.39, 0.29) is 16.7 Å². The first kappa shape index (κ1) is 21.8. The molecule has 2 heterocycles. The number of hydrogen-bond donors (Lipinski definition) is 0. The van der Waals surface area contributed by atoms with Crippen LogP contribution < -0.4 is 4.74 Å². The molecule has 1 aromatic rings. The maximum Gasteiger partial charge on any atom is 0.303 e. The van der Waals surface area contributed by atoms with E-state index in [2.05, 4.69) is 20.9 Å². The Morgan fingerprint density at radius 1 is 1.11 bits per heavy atom. The molecule has 0 unspecified atom stereocenters. The number of thioether (sulfide) groups is 1. The second-order valence-corrected chi connectivity index (χ2v) is 7.96. The van der Waals surface area contributed by atoms with Gasteiger partial charge in [0.25, 0.3) is 0 Å². The maximum atomic E-state index is 11.6. The van der Waals surface area contributed by atoms with Gasteiger partial charge < -0.3 is 18.9 Å². The number of carbonyl (C=O) groups excluding carboxylic acids is 3. The van der Waals surface area contributed by atoms with Gasteiger partial charge in [0.05, 0.1) is 0 Å². The fourth-order valence-corrected chi connectivity index (χ4v) is 4.09. The number of pyridine rings is 1. The molecule has 2 rings (SSSR count). The fourth-order valence-electron chi connectivity index (χ4n) is 2.42. The molecule has 8 nitrogen and oxygen atoms in total. The highest BCUT2D eigenvalue weighted by atomic mass is 79.9. The van der Waals surface area contributed by atoms with Crippen molar-refractivity contribution in [3.05, 3.63) is 21.9 Å². The van der Waals surface area contributed by atoms with E-state index in [1.807, 2.05) is 0 Å². The molecule has 1 aliphatic rings. The first-order chi connectivity index (χ1) is 12.7. The number of esters is 3. The van der Waals surface area contributed by atoms with Crippen LogP contribution in [0, 0.1) is 0 Å². The largest absolute Gasteiger partial charge is 0.472 e. The number of hydrogen-bond acceptors (Lipinski definition) is 9. The van der Waals surface area contributed by atoms with E-state index in [1.54, 1.807) is 6.07 Å². The van der Waals surface area contributed by atoms with Crippen molar-refractivity contribution in [2.24, 2.45) is 0 Å². The Labute approximate surface area is 173 Å². The normalized spacial score (nSPS) is 24.6.